The molecule has 0 unspecified atom stereocenters. The Morgan fingerprint density at radius 1 is 1.16 bits per heavy atom. The highest BCUT2D eigenvalue weighted by molar-refractivity contribution is 9.10. The van der Waals surface area contributed by atoms with Crippen LogP contribution < -0.4 is 9.47 Å². The number of rotatable bonds is 7. The van der Waals surface area contributed by atoms with Gasteiger partial charge in [-0.05, 0) is 80.9 Å². The number of amidine groups is 1. The van der Waals surface area contributed by atoms with Crippen molar-refractivity contribution >= 4 is 44.8 Å². The topological polar surface area (TPSA) is 51.1 Å². The van der Waals surface area contributed by atoms with Crippen molar-refractivity contribution in [1.82, 2.24) is 4.90 Å². The van der Waals surface area contributed by atoms with Crippen LogP contribution in [0, 0.1) is 5.82 Å². The van der Waals surface area contributed by atoms with Gasteiger partial charge in [0.2, 0.25) is 0 Å². The number of benzene rings is 2. The van der Waals surface area contributed by atoms with Crippen LogP contribution in [0.3, 0.4) is 0 Å². The van der Waals surface area contributed by atoms with E-state index in [0.717, 1.165) is 15.6 Å². The number of nitrogens with zero attached hydrogens (tertiary/aromatic N) is 2. The van der Waals surface area contributed by atoms with E-state index in [1.807, 2.05) is 45.9 Å². The summed E-state index contributed by atoms with van der Waals surface area (Å²) in [5.41, 5.74) is 1.64. The average molecular weight is 521 g/mol. The van der Waals surface area contributed by atoms with Gasteiger partial charge in [0.05, 0.1) is 12.0 Å². The zero-order valence-electron chi connectivity index (χ0n) is 18.7. The summed E-state index contributed by atoms with van der Waals surface area (Å²) in [7, 11) is 1.56. The Balaban J connectivity index is 1.87. The van der Waals surface area contributed by atoms with Crippen molar-refractivity contribution in [3.8, 4) is 11.5 Å². The third-order valence-corrected chi connectivity index (χ3v) is 6.28. The maximum atomic E-state index is 13.1. The Labute approximate surface area is 200 Å². The highest BCUT2D eigenvalue weighted by Gasteiger charge is 2.35. The molecule has 8 heteroatoms. The first-order chi connectivity index (χ1) is 15.2. The minimum atomic E-state index is -0.288. The van der Waals surface area contributed by atoms with Gasteiger partial charge in [0.15, 0.2) is 16.7 Å². The zero-order chi connectivity index (χ0) is 23.4. The summed E-state index contributed by atoms with van der Waals surface area (Å²) in [5.74, 6) is 0.729. The summed E-state index contributed by atoms with van der Waals surface area (Å²) < 4.78 is 25.3. The number of halogens is 2. The number of methoxy groups -OCH3 is 1. The lowest BCUT2D eigenvalue weighted by atomic mass is 10.1. The predicted molar refractivity (Wildman–Crippen MR) is 132 cm³/mol. The zero-order valence-corrected chi connectivity index (χ0v) is 21.1. The van der Waals surface area contributed by atoms with E-state index in [1.165, 1.54) is 23.9 Å². The number of thioether (sulfide) groups is 1. The average Bonchev–Trinajstić information content (AvgIpc) is 3.03. The van der Waals surface area contributed by atoms with Gasteiger partial charge in [0.25, 0.3) is 5.91 Å². The molecule has 170 valence electrons. The van der Waals surface area contributed by atoms with Crippen molar-refractivity contribution in [1.29, 1.82) is 0 Å². The lowest BCUT2D eigenvalue weighted by Crippen LogP contribution is -2.35. The highest BCUT2D eigenvalue weighted by atomic mass is 79.9. The van der Waals surface area contributed by atoms with Crippen LogP contribution in [0.4, 0.5) is 4.39 Å². The molecule has 1 aliphatic rings. The van der Waals surface area contributed by atoms with Crippen LogP contribution in [0.5, 0.6) is 11.5 Å². The second-order valence-corrected chi connectivity index (χ2v) is 9.69. The van der Waals surface area contributed by atoms with Gasteiger partial charge in [0.1, 0.15) is 12.4 Å². The fraction of sp³-hybridized carbons (Fsp3) is 0.333. The summed E-state index contributed by atoms with van der Waals surface area (Å²) in [4.78, 5) is 20.0. The lowest BCUT2D eigenvalue weighted by Gasteiger charge is -2.20. The van der Waals surface area contributed by atoms with Crippen LogP contribution >= 0.6 is 27.7 Å². The van der Waals surface area contributed by atoms with E-state index in [-0.39, 0.29) is 30.4 Å². The first kappa shape index (κ1) is 24.3. The molecule has 1 fully saturated rings. The normalized spacial score (nSPS) is 16.7. The molecule has 3 rings (SSSR count). The van der Waals surface area contributed by atoms with Crippen molar-refractivity contribution in [2.45, 2.75) is 46.4 Å². The summed E-state index contributed by atoms with van der Waals surface area (Å²) >= 11 is 4.96. The quantitative estimate of drug-likeness (QED) is 0.404. The first-order valence-corrected chi connectivity index (χ1v) is 11.9. The number of carbonyl (C=O) groups is 1. The standard InChI is InChI=1S/C24H26BrFN2O3S/c1-14(2)27-24-28(15(3)4)23(29)22(32-24)11-17-10-20(30-5)21(12-19(17)25)31-13-16-6-8-18(26)9-7-16/h6-12,14-15H,13H2,1-5H3/b22-11+,27-24?. The van der Waals surface area contributed by atoms with E-state index in [0.29, 0.717) is 21.6 Å². The fourth-order valence-electron chi connectivity index (χ4n) is 3.07. The molecule has 5 nitrogen and oxygen atoms in total. The van der Waals surface area contributed by atoms with Gasteiger partial charge >= 0.3 is 0 Å². The van der Waals surface area contributed by atoms with Gasteiger partial charge in [-0.25, -0.2) is 4.39 Å². The molecule has 0 aliphatic carbocycles. The van der Waals surface area contributed by atoms with Crippen LogP contribution in [0.1, 0.15) is 38.8 Å². The number of amides is 1. The first-order valence-electron chi connectivity index (χ1n) is 10.2. The highest BCUT2D eigenvalue weighted by Crippen LogP contribution is 2.39. The van der Waals surface area contributed by atoms with Crippen molar-refractivity contribution in [2.24, 2.45) is 4.99 Å². The molecular formula is C24H26BrFN2O3S. The molecule has 2 aromatic rings. The molecular weight excluding hydrogens is 495 g/mol. The molecule has 1 amide bonds. The number of carbonyl (C=O) groups excluding carboxylic acids is 1. The molecule has 1 saturated heterocycles. The summed E-state index contributed by atoms with van der Waals surface area (Å²) in [5, 5.41) is 0.716. The Bertz CT molecular complexity index is 1050. The largest absolute Gasteiger partial charge is 0.493 e. The Morgan fingerprint density at radius 2 is 1.84 bits per heavy atom. The van der Waals surface area contributed by atoms with Crippen LogP contribution in [0.2, 0.25) is 0 Å². The van der Waals surface area contributed by atoms with Gasteiger partial charge < -0.3 is 9.47 Å². The van der Waals surface area contributed by atoms with Crippen molar-refractivity contribution < 1.29 is 18.7 Å². The Kier molecular flexibility index (Phi) is 8.00. The smallest absolute Gasteiger partial charge is 0.266 e. The maximum Gasteiger partial charge on any atom is 0.266 e. The molecule has 2 aromatic carbocycles. The number of ether oxygens (including phenoxy) is 2. The molecule has 1 heterocycles. The Hall–Kier alpha value is -2.32. The van der Waals surface area contributed by atoms with Crippen molar-refractivity contribution in [3.05, 3.63) is 62.7 Å². The molecule has 0 spiro atoms. The van der Waals surface area contributed by atoms with Crippen molar-refractivity contribution in [2.75, 3.05) is 7.11 Å². The van der Waals surface area contributed by atoms with E-state index in [2.05, 4.69) is 20.9 Å². The van der Waals surface area contributed by atoms with Gasteiger partial charge in [0, 0.05) is 16.6 Å². The number of hydrogen-bond acceptors (Lipinski definition) is 5. The fourth-order valence-corrected chi connectivity index (χ4v) is 4.73. The molecule has 32 heavy (non-hydrogen) atoms. The van der Waals surface area contributed by atoms with Gasteiger partial charge in [-0.1, -0.05) is 28.1 Å². The molecule has 0 radical (unpaired) electrons. The minimum absolute atomic E-state index is 0.0126. The second kappa shape index (κ2) is 10.5. The number of aliphatic imine (C=N–C) groups is 1. The number of hydrogen-bond donors (Lipinski definition) is 0. The monoisotopic (exact) mass is 520 g/mol. The predicted octanol–water partition coefficient (Wildman–Crippen LogP) is 6.26. The van der Waals surface area contributed by atoms with E-state index < -0.39 is 0 Å². The van der Waals surface area contributed by atoms with E-state index >= 15 is 0 Å². The summed E-state index contributed by atoms with van der Waals surface area (Å²) in [6, 6.07) is 9.88. The van der Waals surface area contributed by atoms with Gasteiger partial charge in [-0.15, -0.1) is 0 Å². The SMILES string of the molecule is COc1cc(/C=C2/SC(=NC(C)C)N(C(C)C)C2=O)c(Br)cc1OCc1ccc(F)cc1. The van der Waals surface area contributed by atoms with Crippen molar-refractivity contribution in [3.63, 3.8) is 0 Å². The third-order valence-electron chi connectivity index (χ3n) is 4.60. The minimum Gasteiger partial charge on any atom is -0.493 e. The molecule has 0 atom stereocenters. The van der Waals surface area contributed by atoms with E-state index in [1.54, 1.807) is 24.1 Å². The molecule has 0 bridgehead atoms. The van der Waals surface area contributed by atoms with Gasteiger partial charge in [-0.2, -0.15) is 0 Å². The second-order valence-electron chi connectivity index (χ2n) is 7.82. The molecule has 1 aliphatic heterocycles. The van der Waals surface area contributed by atoms with Crippen LogP contribution in [-0.2, 0) is 11.4 Å². The maximum absolute atomic E-state index is 13.1. The van der Waals surface area contributed by atoms with Crippen LogP contribution in [0.25, 0.3) is 6.08 Å². The van der Waals surface area contributed by atoms with Crippen LogP contribution in [0.15, 0.2) is 50.8 Å². The summed E-state index contributed by atoms with van der Waals surface area (Å²) in [6.07, 6.45) is 1.83. The Morgan fingerprint density at radius 3 is 2.44 bits per heavy atom. The molecule has 0 aromatic heterocycles. The van der Waals surface area contributed by atoms with E-state index in [9.17, 15) is 9.18 Å². The van der Waals surface area contributed by atoms with Crippen LogP contribution in [-0.4, -0.2) is 35.2 Å². The third kappa shape index (κ3) is 5.72. The molecule has 0 N–H and O–H groups in total. The van der Waals surface area contributed by atoms with Gasteiger partial charge in [-0.3, -0.25) is 14.7 Å². The lowest BCUT2D eigenvalue weighted by molar-refractivity contribution is -0.123. The van der Waals surface area contributed by atoms with E-state index in [4.69, 9.17) is 9.47 Å². The molecule has 0 saturated carbocycles. The summed E-state index contributed by atoms with van der Waals surface area (Å²) in [6.45, 7) is 8.21.